The highest BCUT2D eigenvalue weighted by Gasteiger charge is 2.32. The highest BCUT2D eigenvalue weighted by atomic mass is 32.1. The molecule has 2 N–H and O–H groups in total. The molecule has 4 nitrogen and oxygen atoms in total. The Balaban J connectivity index is 2.79. The third kappa shape index (κ3) is 4.06. The molecule has 1 heterocycles. The molecule has 0 saturated carbocycles. The van der Waals surface area contributed by atoms with Crippen molar-refractivity contribution in [2.45, 2.75) is 51.5 Å². The van der Waals surface area contributed by atoms with E-state index in [4.69, 9.17) is 5.11 Å². The molecule has 1 atom stereocenters. The third-order valence-electron chi connectivity index (χ3n) is 3.67. The van der Waals surface area contributed by atoms with Crippen molar-refractivity contribution < 1.29 is 14.7 Å². The highest BCUT2D eigenvalue weighted by molar-refractivity contribution is 7.08. The summed E-state index contributed by atoms with van der Waals surface area (Å²) in [5.74, 6) is -1.24. The first kappa shape index (κ1) is 15.7. The third-order valence-corrected chi connectivity index (χ3v) is 4.37. The molecule has 0 aliphatic carbocycles. The summed E-state index contributed by atoms with van der Waals surface area (Å²) in [6.07, 6.45) is 1.18. The van der Waals surface area contributed by atoms with Crippen LogP contribution < -0.4 is 5.32 Å². The van der Waals surface area contributed by atoms with Crippen molar-refractivity contribution in [2.24, 2.45) is 0 Å². The predicted octanol–water partition coefficient (Wildman–Crippen LogP) is 3.00. The Morgan fingerprint density at radius 2 is 2.05 bits per heavy atom. The van der Waals surface area contributed by atoms with E-state index in [-0.39, 0.29) is 18.2 Å². The summed E-state index contributed by atoms with van der Waals surface area (Å²) in [5, 5.41) is 15.8. The zero-order chi connectivity index (χ0) is 14.5. The quantitative estimate of drug-likeness (QED) is 0.808. The number of rotatable bonds is 7. The average molecular weight is 283 g/mol. The van der Waals surface area contributed by atoms with Crippen LogP contribution in [0.15, 0.2) is 16.8 Å². The molecule has 19 heavy (non-hydrogen) atoms. The maximum atomic E-state index is 12.3. The van der Waals surface area contributed by atoms with Crippen molar-refractivity contribution in [2.75, 3.05) is 0 Å². The Kier molecular flexibility index (Phi) is 5.54. The summed E-state index contributed by atoms with van der Waals surface area (Å²) in [7, 11) is 0. The van der Waals surface area contributed by atoms with Crippen molar-refractivity contribution in [1.29, 1.82) is 0 Å². The lowest BCUT2D eigenvalue weighted by atomic mass is 9.88. The maximum Gasteiger partial charge on any atom is 0.305 e. The predicted molar refractivity (Wildman–Crippen MR) is 76.4 cm³/mol. The molecule has 0 radical (unpaired) electrons. The standard InChI is InChI=1S/C14H21NO3S/c1-4-14(5-2,8-12(16)17)15-13(18)10(3)11-6-7-19-9-11/h6-7,9-10H,4-5,8H2,1-3H3,(H,15,18)(H,16,17). The lowest BCUT2D eigenvalue weighted by Crippen LogP contribution is -2.50. The van der Waals surface area contributed by atoms with Gasteiger partial charge in [0.2, 0.25) is 5.91 Å². The van der Waals surface area contributed by atoms with Crippen molar-refractivity contribution in [3.8, 4) is 0 Å². The fraction of sp³-hybridized carbons (Fsp3) is 0.571. The van der Waals surface area contributed by atoms with E-state index in [9.17, 15) is 9.59 Å². The molecule has 1 aromatic rings. The summed E-state index contributed by atoms with van der Waals surface area (Å²) in [6.45, 7) is 5.65. The van der Waals surface area contributed by atoms with Gasteiger partial charge in [0.05, 0.1) is 12.3 Å². The molecule has 1 rings (SSSR count). The topological polar surface area (TPSA) is 66.4 Å². The summed E-state index contributed by atoms with van der Waals surface area (Å²) < 4.78 is 0. The van der Waals surface area contributed by atoms with Crippen LogP contribution in [-0.2, 0) is 9.59 Å². The van der Waals surface area contributed by atoms with Crippen LogP contribution >= 0.6 is 11.3 Å². The monoisotopic (exact) mass is 283 g/mol. The Hall–Kier alpha value is -1.36. The fourth-order valence-corrected chi connectivity index (χ4v) is 2.81. The largest absolute Gasteiger partial charge is 0.481 e. The van der Waals surface area contributed by atoms with E-state index in [1.807, 2.05) is 37.6 Å². The number of carboxylic acids is 1. The van der Waals surface area contributed by atoms with Crippen LogP contribution in [0.2, 0.25) is 0 Å². The molecule has 0 aromatic carbocycles. The van der Waals surface area contributed by atoms with E-state index >= 15 is 0 Å². The van der Waals surface area contributed by atoms with E-state index in [2.05, 4.69) is 5.32 Å². The number of amides is 1. The minimum Gasteiger partial charge on any atom is -0.481 e. The van der Waals surface area contributed by atoms with Crippen LogP contribution in [0.4, 0.5) is 0 Å². The molecule has 0 aliphatic heterocycles. The van der Waals surface area contributed by atoms with Crippen LogP contribution in [0, 0.1) is 0 Å². The van der Waals surface area contributed by atoms with Gasteiger partial charge in [-0.3, -0.25) is 9.59 Å². The van der Waals surface area contributed by atoms with Crippen LogP contribution in [0.3, 0.4) is 0 Å². The second kappa shape index (κ2) is 6.70. The Bertz CT molecular complexity index is 424. The summed E-state index contributed by atoms with van der Waals surface area (Å²) in [5.41, 5.74) is 0.326. The second-order valence-corrected chi connectivity index (χ2v) is 5.61. The van der Waals surface area contributed by atoms with Gasteiger partial charge >= 0.3 is 5.97 Å². The van der Waals surface area contributed by atoms with Gasteiger partial charge < -0.3 is 10.4 Å². The van der Waals surface area contributed by atoms with E-state index in [1.165, 1.54) is 0 Å². The number of aliphatic carboxylic acids is 1. The zero-order valence-corrected chi connectivity index (χ0v) is 12.4. The summed E-state index contributed by atoms with van der Waals surface area (Å²) in [4.78, 5) is 23.2. The molecular weight excluding hydrogens is 262 g/mol. The van der Waals surface area contributed by atoms with Gasteiger partial charge in [0, 0.05) is 5.54 Å². The molecule has 0 fully saturated rings. The number of thiophene rings is 1. The van der Waals surface area contributed by atoms with Crippen molar-refractivity contribution >= 4 is 23.2 Å². The molecule has 1 aromatic heterocycles. The first-order chi connectivity index (χ1) is 8.94. The summed E-state index contributed by atoms with van der Waals surface area (Å²) >= 11 is 1.55. The van der Waals surface area contributed by atoms with Crippen LogP contribution in [0.25, 0.3) is 0 Å². The molecule has 1 amide bonds. The first-order valence-electron chi connectivity index (χ1n) is 6.50. The number of carbonyl (C=O) groups is 2. The lowest BCUT2D eigenvalue weighted by molar-refractivity contribution is -0.139. The Morgan fingerprint density at radius 3 is 2.47 bits per heavy atom. The smallest absolute Gasteiger partial charge is 0.305 e. The van der Waals surface area contributed by atoms with Gasteiger partial charge in [-0.05, 0) is 42.2 Å². The van der Waals surface area contributed by atoms with Gasteiger partial charge in [-0.2, -0.15) is 11.3 Å². The Labute approximate surface area is 117 Å². The van der Waals surface area contributed by atoms with Gasteiger partial charge in [0.25, 0.3) is 0 Å². The Morgan fingerprint density at radius 1 is 1.42 bits per heavy atom. The van der Waals surface area contributed by atoms with Gasteiger partial charge in [0.1, 0.15) is 0 Å². The molecule has 1 unspecified atom stereocenters. The van der Waals surface area contributed by atoms with Crippen molar-refractivity contribution in [3.63, 3.8) is 0 Å². The van der Waals surface area contributed by atoms with Crippen molar-refractivity contribution in [1.82, 2.24) is 5.32 Å². The van der Waals surface area contributed by atoms with Gasteiger partial charge in [0.15, 0.2) is 0 Å². The van der Waals surface area contributed by atoms with Crippen LogP contribution in [-0.4, -0.2) is 22.5 Å². The minimum absolute atomic E-state index is 0.0396. The molecule has 106 valence electrons. The fourth-order valence-electron chi connectivity index (χ4n) is 2.05. The van der Waals surface area contributed by atoms with Gasteiger partial charge in [-0.25, -0.2) is 0 Å². The molecular formula is C14H21NO3S. The lowest BCUT2D eigenvalue weighted by Gasteiger charge is -2.32. The first-order valence-corrected chi connectivity index (χ1v) is 7.44. The highest BCUT2D eigenvalue weighted by Crippen LogP contribution is 2.24. The number of hydrogen-bond acceptors (Lipinski definition) is 3. The minimum atomic E-state index is -0.882. The molecule has 0 saturated heterocycles. The van der Waals surface area contributed by atoms with E-state index in [0.29, 0.717) is 12.8 Å². The van der Waals surface area contributed by atoms with Crippen LogP contribution in [0.1, 0.15) is 51.5 Å². The van der Waals surface area contributed by atoms with Crippen LogP contribution in [0.5, 0.6) is 0 Å². The molecule has 0 aliphatic rings. The summed E-state index contributed by atoms with van der Waals surface area (Å²) in [6, 6.07) is 1.92. The number of carbonyl (C=O) groups excluding carboxylic acids is 1. The maximum absolute atomic E-state index is 12.3. The molecule has 0 spiro atoms. The van der Waals surface area contributed by atoms with E-state index < -0.39 is 11.5 Å². The van der Waals surface area contributed by atoms with Gasteiger partial charge in [-0.15, -0.1) is 0 Å². The second-order valence-electron chi connectivity index (χ2n) is 4.83. The van der Waals surface area contributed by atoms with Crippen molar-refractivity contribution in [3.05, 3.63) is 22.4 Å². The normalized spacial score (nSPS) is 13.0. The SMILES string of the molecule is CCC(CC)(CC(=O)O)NC(=O)C(C)c1ccsc1. The molecule has 0 bridgehead atoms. The van der Waals surface area contributed by atoms with Gasteiger partial charge in [-0.1, -0.05) is 13.8 Å². The molecule has 5 heteroatoms. The number of nitrogens with one attached hydrogen (secondary N) is 1. The number of hydrogen-bond donors (Lipinski definition) is 2. The number of carboxylic acid groups (broad SMARTS) is 1. The van der Waals surface area contributed by atoms with E-state index in [1.54, 1.807) is 11.3 Å². The van der Waals surface area contributed by atoms with E-state index in [0.717, 1.165) is 5.56 Å². The zero-order valence-electron chi connectivity index (χ0n) is 11.6. The average Bonchev–Trinajstić information content (AvgIpc) is 2.90.